The molecule has 6 heteroatoms. The lowest BCUT2D eigenvalue weighted by molar-refractivity contribution is 0.193. The zero-order valence-corrected chi connectivity index (χ0v) is 18.6. The van der Waals surface area contributed by atoms with E-state index in [0.717, 1.165) is 36.0 Å². The first-order chi connectivity index (χ1) is 15.7. The number of nitrogens with one attached hydrogen (secondary N) is 1. The third-order valence-corrected chi connectivity index (χ3v) is 7.89. The van der Waals surface area contributed by atoms with E-state index in [-0.39, 0.29) is 0 Å². The molecule has 0 unspecified atom stereocenters. The van der Waals surface area contributed by atoms with Gasteiger partial charge in [-0.3, -0.25) is 4.68 Å². The number of aryl methyl sites for hydroxylation is 1. The lowest BCUT2D eigenvalue weighted by Gasteiger charge is -2.49. The second kappa shape index (κ2) is 6.80. The summed E-state index contributed by atoms with van der Waals surface area (Å²) in [5, 5.41) is 12.7. The lowest BCUT2D eigenvalue weighted by atomic mass is 9.57. The fourth-order valence-electron chi connectivity index (χ4n) is 5.63. The van der Waals surface area contributed by atoms with Crippen LogP contribution in [0.2, 0.25) is 0 Å². The second-order valence-electron chi connectivity index (χ2n) is 10.5. The van der Waals surface area contributed by atoms with Crippen LogP contribution >= 0.6 is 0 Å². The van der Waals surface area contributed by atoms with Crippen molar-refractivity contribution in [1.82, 2.24) is 19.9 Å². The number of aromatic nitrogens is 4. The number of rotatable bonds is 7. The number of fused-ring (bicyclic) bond motifs is 2. The number of hydrogen-bond acceptors (Lipinski definition) is 5. The normalized spacial score (nSPS) is 21.5. The molecular formula is C26H29N5O. The fraction of sp³-hybridized carbons (Fsp3) is 0.500. The molecule has 8 rings (SSSR count). The summed E-state index contributed by atoms with van der Waals surface area (Å²) < 4.78 is 7.63. The quantitative estimate of drug-likeness (QED) is 0.526. The maximum Gasteiger partial charge on any atom is 0.258 e. The first kappa shape index (κ1) is 18.7. The van der Waals surface area contributed by atoms with Crippen molar-refractivity contribution in [3.8, 4) is 11.5 Å². The van der Waals surface area contributed by atoms with Gasteiger partial charge in [0.15, 0.2) is 5.82 Å². The minimum atomic E-state index is 0.395. The highest BCUT2D eigenvalue weighted by molar-refractivity contribution is 5.70. The first-order valence-corrected chi connectivity index (χ1v) is 12.1. The Hall–Kier alpha value is -2.89. The van der Waals surface area contributed by atoms with E-state index < -0.39 is 0 Å². The Kier molecular flexibility index (Phi) is 3.97. The Bertz CT molecular complexity index is 1220. The van der Waals surface area contributed by atoms with Crippen LogP contribution in [0.3, 0.4) is 0 Å². The average molecular weight is 428 g/mol. The van der Waals surface area contributed by atoms with Crippen LogP contribution in [0.1, 0.15) is 80.4 Å². The minimum absolute atomic E-state index is 0.395. The summed E-state index contributed by atoms with van der Waals surface area (Å²) in [7, 11) is 2.11. The topological polar surface area (TPSA) is 68.8 Å². The zero-order chi connectivity index (χ0) is 21.3. The van der Waals surface area contributed by atoms with Gasteiger partial charge in [-0.25, -0.2) is 0 Å². The molecule has 2 bridgehead atoms. The molecule has 32 heavy (non-hydrogen) atoms. The molecule has 2 heterocycles. The molecule has 0 radical (unpaired) electrons. The highest BCUT2D eigenvalue weighted by Gasteiger charge is 2.45. The van der Waals surface area contributed by atoms with E-state index in [9.17, 15) is 0 Å². The van der Waals surface area contributed by atoms with Crippen molar-refractivity contribution >= 4 is 11.3 Å². The van der Waals surface area contributed by atoms with Gasteiger partial charge in [-0.1, -0.05) is 16.8 Å². The molecule has 0 aliphatic heterocycles. The van der Waals surface area contributed by atoms with Gasteiger partial charge < -0.3 is 9.84 Å². The van der Waals surface area contributed by atoms with Crippen LogP contribution < -0.4 is 5.32 Å². The highest BCUT2D eigenvalue weighted by Crippen LogP contribution is 2.57. The maximum atomic E-state index is 5.51. The van der Waals surface area contributed by atoms with Crippen LogP contribution in [0.25, 0.3) is 17.0 Å². The Labute approximate surface area is 188 Å². The predicted octanol–water partition coefficient (Wildman–Crippen LogP) is 5.66. The van der Waals surface area contributed by atoms with E-state index in [1.54, 1.807) is 5.57 Å². The Morgan fingerprint density at radius 2 is 1.97 bits per heavy atom. The van der Waals surface area contributed by atoms with Crippen molar-refractivity contribution in [3.05, 3.63) is 53.1 Å². The van der Waals surface area contributed by atoms with E-state index in [4.69, 9.17) is 9.62 Å². The van der Waals surface area contributed by atoms with Gasteiger partial charge in [0.2, 0.25) is 0 Å². The molecule has 0 spiro atoms. The molecule has 2 aromatic heterocycles. The van der Waals surface area contributed by atoms with Crippen LogP contribution in [0.5, 0.6) is 0 Å². The largest absolute Gasteiger partial charge is 0.384 e. The van der Waals surface area contributed by atoms with Gasteiger partial charge in [-0.05, 0) is 86.6 Å². The Morgan fingerprint density at radius 1 is 1.12 bits per heavy atom. The van der Waals surface area contributed by atoms with E-state index >= 15 is 0 Å². The van der Waals surface area contributed by atoms with Gasteiger partial charge in [0.1, 0.15) is 0 Å². The summed E-state index contributed by atoms with van der Waals surface area (Å²) in [6.07, 6.45) is 9.83. The molecule has 164 valence electrons. The van der Waals surface area contributed by atoms with Gasteiger partial charge >= 0.3 is 0 Å². The zero-order valence-electron chi connectivity index (χ0n) is 18.6. The molecule has 5 aliphatic rings. The number of benzene rings is 1. The Balaban J connectivity index is 1.03. The monoisotopic (exact) mass is 427 g/mol. The standard InChI is InChI=1S/C26H29N5O/c1-31-23(16-5-6-16)12-22(29-31)21-9-10-26(13-19(21)14-26)15-27-20-4-2-3-18(11-20)25-28-24(30-32-25)17-7-8-17/h2-4,11-12,16-17,27H,5-10,13-15H2,1H3. The molecule has 3 aromatic rings. The minimum Gasteiger partial charge on any atom is -0.384 e. The van der Waals surface area contributed by atoms with Crippen molar-refractivity contribution < 1.29 is 4.52 Å². The van der Waals surface area contributed by atoms with Crippen LogP contribution in [-0.2, 0) is 7.05 Å². The van der Waals surface area contributed by atoms with Crippen molar-refractivity contribution in [2.24, 2.45) is 12.5 Å². The molecule has 5 aliphatic carbocycles. The number of hydrogen-bond donors (Lipinski definition) is 1. The summed E-state index contributed by atoms with van der Waals surface area (Å²) in [5.41, 5.74) is 8.34. The smallest absolute Gasteiger partial charge is 0.258 e. The summed E-state index contributed by atoms with van der Waals surface area (Å²) in [6.45, 7) is 1.01. The molecule has 3 saturated carbocycles. The molecular weight excluding hydrogens is 398 g/mol. The van der Waals surface area contributed by atoms with Gasteiger partial charge in [0, 0.05) is 42.4 Å². The highest BCUT2D eigenvalue weighted by atomic mass is 16.5. The van der Waals surface area contributed by atoms with Crippen molar-refractivity contribution in [2.75, 3.05) is 11.9 Å². The summed E-state index contributed by atoms with van der Waals surface area (Å²) >= 11 is 0. The SMILES string of the molecule is Cn1nc(C2=C3CC(CNc4cccc(-c5nc(C6CC6)no5)c4)(CC2)C3)cc1C1CC1. The molecule has 1 aromatic carbocycles. The van der Waals surface area contributed by atoms with Gasteiger partial charge in [0.05, 0.1) is 5.69 Å². The summed E-state index contributed by atoms with van der Waals surface area (Å²) in [5.74, 6) is 2.76. The van der Waals surface area contributed by atoms with Crippen LogP contribution in [0.4, 0.5) is 5.69 Å². The van der Waals surface area contributed by atoms with Gasteiger partial charge in [-0.2, -0.15) is 10.1 Å². The molecule has 6 nitrogen and oxygen atoms in total. The van der Waals surface area contributed by atoms with E-state index in [1.807, 2.05) is 6.07 Å². The number of anilines is 1. The van der Waals surface area contributed by atoms with Crippen LogP contribution in [-0.4, -0.2) is 26.5 Å². The fourth-order valence-corrected chi connectivity index (χ4v) is 5.63. The van der Waals surface area contributed by atoms with Crippen LogP contribution in [0, 0.1) is 5.41 Å². The van der Waals surface area contributed by atoms with Crippen molar-refractivity contribution in [2.45, 2.75) is 63.2 Å². The van der Waals surface area contributed by atoms with Gasteiger partial charge in [0.25, 0.3) is 5.89 Å². The number of allylic oxidation sites excluding steroid dienone is 2. The van der Waals surface area contributed by atoms with Gasteiger partial charge in [-0.15, -0.1) is 0 Å². The Morgan fingerprint density at radius 3 is 2.72 bits per heavy atom. The lowest BCUT2D eigenvalue weighted by Crippen LogP contribution is -2.41. The molecule has 3 fully saturated rings. The van der Waals surface area contributed by atoms with E-state index in [2.05, 4.69) is 51.5 Å². The summed E-state index contributed by atoms with van der Waals surface area (Å²) in [6, 6.07) is 10.8. The second-order valence-corrected chi connectivity index (χ2v) is 10.5. The number of nitrogens with zero attached hydrogens (tertiary/aromatic N) is 4. The molecule has 1 N–H and O–H groups in total. The van der Waals surface area contributed by atoms with E-state index in [1.165, 1.54) is 61.9 Å². The van der Waals surface area contributed by atoms with E-state index in [0.29, 0.717) is 17.2 Å². The van der Waals surface area contributed by atoms with Crippen molar-refractivity contribution in [3.63, 3.8) is 0 Å². The maximum absolute atomic E-state index is 5.51. The third-order valence-electron chi connectivity index (χ3n) is 7.89. The molecule has 0 saturated heterocycles. The average Bonchev–Trinajstić information content (AvgIpc) is 3.73. The summed E-state index contributed by atoms with van der Waals surface area (Å²) in [4.78, 5) is 4.60. The predicted molar refractivity (Wildman–Crippen MR) is 123 cm³/mol. The molecule has 0 atom stereocenters. The van der Waals surface area contributed by atoms with Crippen molar-refractivity contribution in [1.29, 1.82) is 0 Å². The molecule has 0 amide bonds. The first-order valence-electron chi connectivity index (χ1n) is 12.1. The third kappa shape index (κ3) is 3.19. The van der Waals surface area contributed by atoms with Crippen LogP contribution in [0.15, 0.2) is 40.4 Å².